The maximum atomic E-state index is 13.1. The molecule has 68 heavy (non-hydrogen) atoms. The summed E-state index contributed by atoms with van der Waals surface area (Å²) in [5, 5.41) is 75.8. The number of unbranched alkanes of at least 4 members (excludes halogenated alkanes) is 33. The first-order valence-electron chi connectivity index (χ1n) is 28.7. The standard InChI is InChI=1S/C57H109NO10/c1-3-5-7-9-11-13-15-16-17-18-19-20-21-22-23-24-25-26-27-28-29-30-31-32-33-35-36-38-40-42-44-49(60)52(62)48(47-67-57-55(65)54(64)53(63)51(46-59)68-57)58-56(66)50(61)45-43-41-39-37-34-14-12-10-8-6-4-2/h31-32,36,38,48-55,57,59-65H,3-30,33-35,37,39-47H2,1-2H3,(H,58,66)/b32-31+,38-36+. The van der Waals surface area contributed by atoms with Crippen LogP contribution in [0.1, 0.15) is 264 Å². The number of nitrogens with one attached hydrogen (secondary N) is 1. The Balaban J connectivity index is 2.26. The molecule has 11 nitrogen and oxygen atoms in total. The number of carbonyl (C=O) groups excluding carboxylic acids is 1. The van der Waals surface area contributed by atoms with Crippen LogP contribution in [0.25, 0.3) is 0 Å². The summed E-state index contributed by atoms with van der Waals surface area (Å²) in [6.45, 7) is 3.43. The monoisotopic (exact) mass is 968 g/mol. The third kappa shape index (κ3) is 34.8. The second-order valence-electron chi connectivity index (χ2n) is 20.4. The van der Waals surface area contributed by atoms with Gasteiger partial charge in [0, 0.05) is 0 Å². The molecule has 1 aliphatic heterocycles. The van der Waals surface area contributed by atoms with Gasteiger partial charge in [0.2, 0.25) is 5.91 Å². The fraction of sp³-hybridized carbons (Fsp3) is 0.912. The molecule has 0 aromatic heterocycles. The average molecular weight is 968 g/mol. The van der Waals surface area contributed by atoms with E-state index in [1.807, 2.05) is 0 Å². The topological polar surface area (TPSA) is 189 Å². The van der Waals surface area contributed by atoms with Crippen molar-refractivity contribution >= 4 is 5.91 Å². The molecule has 0 radical (unpaired) electrons. The van der Waals surface area contributed by atoms with Gasteiger partial charge in [-0.1, -0.05) is 237 Å². The molecule has 0 bridgehead atoms. The Morgan fingerprint density at radius 3 is 1.31 bits per heavy atom. The Hall–Kier alpha value is -1.41. The third-order valence-electron chi connectivity index (χ3n) is 14.0. The zero-order valence-electron chi connectivity index (χ0n) is 43.9. The van der Waals surface area contributed by atoms with Crippen LogP contribution in [0.15, 0.2) is 24.3 Å². The first-order valence-corrected chi connectivity index (χ1v) is 28.7. The predicted octanol–water partition coefficient (Wildman–Crippen LogP) is 11.7. The van der Waals surface area contributed by atoms with E-state index in [-0.39, 0.29) is 12.8 Å². The minimum atomic E-state index is -1.67. The normalized spacial score (nSPS) is 20.6. The summed E-state index contributed by atoms with van der Waals surface area (Å²) >= 11 is 0. The number of hydrogen-bond acceptors (Lipinski definition) is 10. The molecule has 0 saturated carbocycles. The molecule has 1 heterocycles. The number of allylic oxidation sites excluding steroid dienone is 4. The Morgan fingerprint density at radius 2 is 0.882 bits per heavy atom. The quantitative estimate of drug-likeness (QED) is 0.0215. The summed E-state index contributed by atoms with van der Waals surface area (Å²) in [6.07, 6.45) is 44.1. The summed E-state index contributed by atoms with van der Waals surface area (Å²) in [5.41, 5.74) is 0. The lowest BCUT2D eigenvalue weighted by Gasteiger charge is -2.40. The molecule has 1 fully saturated rings. The van der Waals surface area contributed by atoms with Crippen molar-refractivity contribution in [3.8, 4) is 0 Å². The lowest BCUT2D eigenvalue weighted by molar-refractivity contribution is -0.303. The van der Waals surface area contributed by atoms with E-state index >= 15 is 0 Å². The van der Waals surface area contributed by atoms with E-state index in [4.69, 9.17) is 9.47 Å². The van der Waals surface area contributed by atoms with Crippen molar-refractivity contribution in [2.24, 2.45) is 0 Å². The molecule has 11 heteroatoms. The van der Waals surface area contributed by atoms with Gasteiger partial charge in [-0.2, -0.15) is 0 Å². The Bertz CT molecular complexity index is 1160. The summed E-state index contributed by atoms with van der Waals surface area (Å²) < 4.78 is 11.1. The maximum absolute atomic E-state index is 13.1. The number of carbonyl (C=O) groups is 1. The molecule has 0 aromatic carbocycles. The van der Waals surface area contributed by atoms with Crippen molar-refractivity contribution in [1.29, 1.82) is 0 Å². The number of aliphatic hydroxyl groups excluding tert-OH is 7. The Kier molecular flexibility index (Phi) is 44.3. The molecule has 1 rings (SSSR count). The fourth-order valence-corrected chi connectivity index (χ4v) is 9.28. The second kappa shape index (κ2) is 46.6. The van der Waals surface area contributed by atoms with Gasteiger partial charge < -0.3 is 50.5 Å². The lowest BCUT2D eigenvalue weighted by Crippen LogP contribution is -2.60. The first kappa shape index (κ1) is 64.6. The minimum Gasteiger partial charge on any atom is -0.394 e. The number of rotatable bonds is 49. The SMILES string of the molecule is CCCCCCCCCCCCCCCCCCCCCCC/C=C/CC/C=C/CCCC(O)C(O)C(COC1OC(CO)C(O)C(O)C1O)NC(=O)C(O)CCCCCCCCCCCCC. The van der Waals surface area contributed by atoms with Crippen LogP contribution < -0.4 is 5.32 Å². The van der Waals surface area contributed by atoms with Gasteiger partial charge in [-0.25, -0.2) is 0 Å². The number of amides is 1. The van der Waals surface area contributed by atoms with E-state index < -0.39 is 74.2 Å². The summed E-state index contributed by atoms with van der Waals surface area (Å²) in [7, 11) is 0. The average Bonchev–Trinajstić information content (AvgIpc) is 3.34. The van der Waals surface area contributed by atoms with Gasteiger partial charge in [-0.15, -0.1) is 0 Å². The van der Waals surface area contributed by atoms with Crippen molar-refractivity contribution in [1.82, 2.24) is 5.32 Å². The Morgan fingerprint density at radius 1 is 0.500 bits per heavy atom. The van der Waals surface area contributed by atoms with Crippen LogP contribution in [0.4, 0.5) is 0 Å². The molecule has 0 spiro atoms. The summed E-state index contributed by atoms with van der Waals surface area (Å²) in [5.74, 6) is -0.710. The van der Waals surface area contributed by atoms with Crippen molar-refractivity contribution < 1.29 is 50.0 Å². The van der Waals surface area contributed by atoms with Crippen LogP contribution in [-0.2, 0) is 14.3 Å². The molecule has 402 valence electrons. The van der Waals surface area contributed by atoms with Gasteiger partial charge in [0.1, 0.15) is 36.6 Å². The fourth-order valence-electron chi connectivity index (χ4n) is 9.28. The highest BCUT2D eigenvalue weighted by molar-refractivity contribution is 5.80. The van der Waals surface area contributed by atoms with Crippen LogP contribution >= 0.6 is 0 Å². The molecule has 9 atom stereocenters. The first-order chi connectivity index (χ1) is 33.2. The highest BCUT2D eigenvalue weighted by atomic mass is 16.7. The number of hydrogen-bond donors (Lipinski definition) is 8. The lowest BCUT2D eigenvalue weighted by atomic mass is 9.98. The highest BCUT2D eigenvalue weighted by Gasteiger charge is 2.44. The predicted molar refractivity (Wildman–Crippen MR) is 279 cm³/mol. The van der Waals surface area contributed by atoms with E-state index in [1.165, 1.54) is 180 Å². The maximum Gasteiger partial charge on any atom is 0.249 e. The van der Waals surface area contributed by atoms with Gasteiger partial charge in [-0.05, 0) is 51.4 Å². The summed E-state index contributed by atoms with van der Waals surface area (Å²) in [6, 6.07) is -1.19. The molecule has 0 aromatic rings. The zero-order valence-corrected chi connectivity index (χ0v) is 43.9. The van der Waals surface area contributed by atoms with Crippen molar-refractivity contribution in [2.75, 3.05) is 13.2 Å². The van der Waals surface area contributed by atoms with Gasteiger partial charge in [0.25, 0.3) is 0 Å². The molecule has 1 amide bonds. The molecule has 8 N–H and O–H groups in total. The second-order valence-corrected chi connectivity index (χ2v) is 20.4. The van der Waals surface area contributed by atoms with E-state index in [0.29, 0.717) is 19.3 Å². The van der Waals surface area contributed by atoms with Gasteiger partial charge in [0.15, 0.2) is 6.29 Å². The molecule has 0 aliphatic carbocycles. The van der Waals surface area contributed by atoms with E-state index in [0.717, 1.165) is 38.5 Å². The molecule has 1 aliphatic rings. The molecular formula is C57H109NO10. The van der Waals surface area contributed by atoms with Crippen LogP contribution in [0.5, 0.6) is 0 Å². The number of aliphatic hydroxyl groups is 7. The molecule has 9 unspecified atom stereocenters. The van der Waals surface area contributed by atoms with Crippen molar-refractivity contribution in [3.63, 3.8) is 0 Å². The van der Waals surface area contributed by atoms with Crippen molar-refractivity contribution in [2.45, 2.75) is 319 Å². The minimum absolute atomic E-state index is 0.249. The van der Waals surface area contributed by atoms with E-state index in [9.17, 15) is 40.5 Å². The van der Waals surface area contributed by atoms with Gasteiger partial charge >= 0.3 is 0 Å². The zero-order chi connectivity index (χ0) is 49.7. The van der Waals surface area contributed by atoms with Crippen LogP contribution in [0.2, 0.25) is 0 Å². The Labute approximate surface area is 416 Å². The van der Waals surface area contributed by atoms with Gasteiger partial charge in [0.05, 0.1) is 25.4 Å². The van der Waals surface area contributed by atoms with Crippen LogP contribution in [0, 0.1) is 0 Å². The smallest absolute Gasteiger partial charge is 0.249 e. The van der Waals surface area contributed by atoms with Gasteiger partial charge in [-0.3, -0.25) is 4.79 Å². The largest absolute Gasteiger partial charge is 0.394 e. The summed E-state index contributed by atoms with van der Waals surface area (Å²) in [4.78, 5) is 13.1. The van der Waals surface area contributed by atoms with E-state index in [2.05, 4.69) is 43.5 Å². The van der Waals surface area contributed by atoms with Crippen LogP contribution in [-0.4, -0.2) is 110 Å². The van der Waals surface area contributed by atoms with Crippen LogP contribution in [0.3, 0.4) is 0 Å². The molecule has 1 saturated heterocycles. The third-order valence-corrected chi connectivity index (χ3v) is 14.0. The highest BCUT2D eigenvalue weighted by Crippen LogP contribution is 2.23. The van der Waals surface area contributed by atoms with E-state index in [1.54, 1.807) is 0 Å². The molecular weight excluding hydrogens is 859 g/mol. The van der Waals surface area contributed by atoms with Crippen molar-refractivity contribution in [3.05, 3.63) is 24.3 Å². The number of ether oxygens (including phenoxy) is 2.